The SMILES string of the molecule is CCCCOCCOc1cc(CNC)cc(C(C)(C)C)n1. The third kappa shape index (κ3) is 6.91. The number of hydrogen-bond donors (Lipinski definition) is 1. The Hall–Kier alpha value is -1.13. The van der Waals surface area contributed by atoms with Gasteiger partial charge in [-0.15, -0.1) is 0 Å². The standard InChI is InChI=1S/C17H30N2O2/c1-6-7-8-20-9-10-21-16-12-14(13-18-5)11-15(19-16)17(2,3)4/h11-12,18H,6-10,13H2,1-5H3. The number of ether oxygens (including phenoxy) is 2. The molecule has 4 heteroatoms. The summed E-state index contributed by atoms with van der Waals surface area (Å²) in [5.74, 6) is 0.687. The molecule has 1 rings (SSSR count). The highest BCUT2D eigenvalue weighted by Crippen LogP contribution is 2.24. The van der Waals surface area contributed by atoms with E-state index >= 15 is 0 Å². The largest absolute Gasteiger partial charge is 0.475 e. The zero-order chi connectivity index (χ0) is 15.7. The van der Waals surface area contributed by atoms with Gasteiger partial charge in [0.15, 0.2) is 0 Å². The zero-order valence-corrected chi connectivity index (χ0v) is 14.2. The van der Waals surface area contributed by atoms with Gasteiger partial charge in [-0.05, 0) is 25.1 Å². The minimum atomic E-state index is 0.0134. The van der Waals surface area contributed by atoms with Gasteiger partial charge in [-0.1, -0.05) is 34.1 Å². The third-order valence-electron chi connectivity index (χ3n) is 3.13. The van der Waals surface area contributed by atoms with Crippen LogP contribution < -0.4 is 10.1 Å². The van der Waals surface area contributed by atoms with Gasteiger partial charge in [0.2, 0.25) is 5.88 Å². The molecular formula is C17H30N2O2. The Morgan fingerprint density at radius 1 is 1.14 bits per heavy atom. The summed E-state index contributed by atoms with van der Waals surface area (Å²) in [7, 11) is 1.94. The van der Waals surface area contributed by atoms with E-state index in [2.05, 4.69) is 44.1 Å². The summed E-state index contributed by atoms with van der Waals surface area (Å²) in [6, 6.07) is 4.14. The molecule has 21 heavy (non-hydrogen) atoms. The molecule has 0 aliphatic heterocycles. The quantitative estimate of drug-likeness (QED) is 0.710. The maximum atomic E-state index is 5.75. The highest BCUT2D eigenvalue weighted by molar-refractivity contribution is 5.28. The Kier molecular flexibility index (Phi) is 7.68. The van der Waals surface area contributed by atoms with Crippen LogP contribution >= 0.6 is 0 Å². The van der Waals surface area contributed by atoms with Gasteiger partial charge in [0, 0.05) is 24.6 Å². The van der Waals surface area contributed by atoms with Crippen LogP contribution in [0, 0.1) is 0 Å². The Bertz CT molecular complexity index is 414. The molecule has 0 aliphatic carbocycles. The van der Waals surface area contributed by atoms with Crippen LogP contribution in [0.25, 0.3) is 0 Å². The maximum Gasteiger partial charge on any atom is 0.213 e. The van der Waals surface area contributed by atoms with Gasteiger partial charge in [-0.2, -0.15) is 0 Å². The minimum absolute atomic E-state index is 0.0134. The molecule has 0 atom stereocenters. The van der Waals surface area contributed by atoms with Crippen molar-refractivity contribution < 1.29 is 9.47 Å². The number of nitrogens with one attached hydrogen (secondary N) is 1. The number of aromatic nitrogens is 1. The summed E-state index contributed by atoms with van der Waals surface area (Å²) < 4.78 is 11.3. The molecule has 0 fully saturated rings. The normalized spacial score (nSPS) is 11.7. The van der Waals surface area contributed by atoms with Crippen LogP contribution in [0.4, 0.5) is 0 Å². The van der Waals surface area contributed by atoms with Crippen molar-refractivity contribution in [2.75, 3.05) is 26.9 Å². The lowest BCUT2D eigenvalue weighted by molar-refractivity contribution is 0.0963. The van der Waals surface area contributed by atoms with Crippen molar-refractivity contribution in [1.29, 1.82) is 0 Å². The number of unbranched alkanes of at least 4 members (excludes halogenated alkanes) is 1. The molecule has 120 valence electrons. The highest BCUT2D eigenvalue weighted by Gasteiger charge is 2.17. The monoisotopic (exact) mass is 294 g/mol. The van der Waals surface area contributed by atoms with Crippen LogP contribution in [0.15, 0.2) is 12.1 Å². The molecule has 1 aromatic rings. The van der Waals surface area contributed by atoms with Crippen LogP contribution in [-0.2, 0) is 16.7 Å². The smallest absolute Gasteiger partial charge is 0.213 e. The predicted octanol–water partition coefficient (Wildman–Crippen LogP) is 3.29. The molecule has 0 saturated heterocycles. The molecule has 0 unspecified atom stereocenters. The molecule has 1 heterocycles. The van der Waals surface area contributed by atoms with Gasteiger partial charge in [-0.25, -0.2) is 4.98 Å². The average molecular weight is 294 g/mol. The molecule has 0 bridgehead atoms. The van der Waals surface area contributed by atoms with Crippen LogP contribution in [0.2, 0.25) is 0 Å². The number of nitrogens with zero attached hydrogens (tertiary/aromatic N) is 1. The molecule has 0 amide bonds. The molecular weight excluding hydrogens is 264 g/mol. The van der Waals surface area contributed by atoms with Gasteiger partial charge in [0.25, 0.3) is 0 Å². The molecule has 0 saturated carbocycles. The fraction of sp³-hybridized carbons (Fsp3) is 0.706. The first-order valence-corrected chi connectivity index (χ1v) is 7.84. The molecule has 0 spiro atoms. The Labute approximate surface area is 129 Å². The van der Waals surface area contributed by atoms with Crippen molar-refractivity contribution in [2.24, 2.45) is 0 Å². The summed E-state index contributed by atoms with van der Waals surface area (Å²) in [5.41, 5.74) is 2.26. The number of rotatable bonds is 9. The van der Waals surface area contributed by atoms with E-state index in [0.29, 0.717) is 19.1 Å². The molecule has 0 aliphatic rings. The zero-order valence-electron chi connectivity index (χ0n) is 14.2. The van der Waals surface area contributed by atoms with E-state index in [1.54, 1.807) is 0 Å². The van der Waals surface area contributed by atoms with Gasteiger partial charge < -0.3 is 14.8 Å². The van der Waals surface area contributed by atoms with E-state index < -0.39 is 0 Å². The van der Waals surface area contributed by atoms with Crippen LogP contribution in [0.3, 0.4) is 0 Å². The topological polar surface area (TPSA) is 43.4 Å². The second-order valence-corrected chi connectivity index (χ2v) is 6.29. The van der Waals surface area contributed by atoms with Crippen molar-refractivity contribution in [3.63, 3.8) is 0 Å². The van der Waals surface area contributed by atoms with Crippen molar-refractivity contribution in [1.82, 2.24) is 10.3 Å². The molecule has 1 N–H and O–H groups in total. The van der Waals surface area contributed by atoms with Crippen molar-refractivity contribution in [3.05, 3.63) is 23.4 Å². The lowest BCUT2D eigenvalue weighted by atomic mass is 9.91. The van der Waals surface area contributed by atoms with Crippen molar-refractivity contribution in [3.8, 4) is 5.88 Å². The fourth-order valence-electron chi connectivity index (χ4n) is 1.88. The first-order chi connectivity index (χ1) is 9.97. The molecule has 4 nitrogen and oxygen atoms in total. The lowest BCUT2D eigenvalue weighted by Gasteiger charge is -2.20. The minimum Gasteiger partial charge on any atom is -0.475 e. The Balaban J connectivity index is 2.61. The predicted molar refractivity (Wildman–Crippen MR) is 86.9 cm³/mol. The molecule has 0 aromatic carbocycles. The summed E-state index contributed by atoms with van der Waals surface area (Å²) in [6.07, 6.45) is 2.26. The van der Waals surface area contributed by atoms with Gasteiger partial charge in [0.1, 0.15) is 6.61 Å². The second-order valence-electron chi connectivity index (χ2n) is 6.29. The fourth-order valence-corrected chi connectivity index (χ4v) is 1.88. The lowest BCUT2D eigenvalue weighted by Crippen LogP contribution is -2.17. The van der Waals surface area contributed by atoms with E-state index in [1.807, 2.05) is 13.1 Å². The Morgan fingerprint density at radius 3 is 2.52 bits per heavy atom. The van der Waals surface area contributed by atoms with Crippen LogP contribution in [0.5, 0.6) is 5.88 Å². The summed E-state index contributed by atoms with van der Waals surface area (Å²) in [6.45, 7) is 11.4. The number of hydrogen-bond acceptors (Lipinski definition) is 4. The second kappa shape index (κ2) is 9.00. The first-order valence-electron chi connectivity index (χ1n) is 7.84. The first kappa shape index (κ1) is 17.9. The number of pyridine rings is 1. The van der Waals surface area contributed by atoms with Crippen molar-refractivity contribution >= 4 is 0 Å². The van der Waals surface area contributed by atoms with E-state index in [0.717, 1.165) is 31.7 Å². The van der Waals surface area contributed by atoms with E-state index in [4.69, 9.17) is 9.47 Å². The van der Waals surface area contributed by atoms with Gasteiger partial charge in [0.05, 0.1) is 12.3 Å². The van der Waals surface area contributed by atoms with Gasteiger partial charge in [-0.3, -0.25) is 0 Å². The van der Waals surface area contributed by atoms with Crippen LogP contribution in [0.1, 0.15) is 51.8 Å². The van der Waals surface area contributed by atoms with Gasteiger partial charge >= 0.3 is 0 Å². The van der Waals surface area contributed by atoms with E-state index in [1.165, 1.54) is 5.56 Å². The molecule has 0 radical (unpaired) electrons. The highest BCUT2D eigenvalue weighted by atomic mass is 16.5. The summed E-state index contributed by atoms with van der Waals surface area (Å²) in [4.78, 5) is 4.62. The van der Waals surface area contributed by atoms with E-state index in [9.17, 15) is 0 Å². The summed E-state index contributed by atoms with van der Waals surface area (Å²) >= 11 is 0. The third-order valence-corrected chi connectivity index (χ3v) is 3.13. The van der Waals surface area contributed by atoms with Crippen LogP contribution in [-0.4, -0.2) is 31.9 Å². The van der Waals surface area contributed by atoms with E-state index in [-0.39, 0.29) is 5.41 Å². The van der Waals surface area contributed by atoms with Crippen molar-refractivity contribution in [2.45, 2.75) is 52.5 Å². The average Bonchev–Trinajstić information content (AvgIpc) is 2.42. The molecule has 1 aromatic heterocycles. The summed E-state index contributed by atoms with van der Waals surface area (Å²) in [5, 5.41) is 3.17. The Morgan fingerprint density at radius 2 is 1.90 bits per heavy atom. The maximum absolute atomic E-state index is 5.75.